The fourth-order valence-electron chi connectivity index (χ4n) is 2.60. The van der Waals surface area contributed by atoms with Gasteiger partial charge in [0.15, 0.2) is 0 Å². The van der Waals surface area contributed by atoms with Crippen molar-refractivity contribution in [1.82, 2.24) is 9.78 Å². The van der Waals surface area contributed by atoms with Gasteiger partial charge in [0.25, 0.3) is 0 Å². The average molecular weight is 372 g/mol. The van der Waals surface area contributed by atoms with Crippen molar-refractivity contribution in [3.8, 4) is 0 Å². The summed E-state index contributed by atoms with van der Waals surface area (Å²) < 4.78 is 2.73. The Balaban J connectivity index is 1.80. The molecule has 0 unspecified atom stereocenters. The Labute approximate surface area is 143 Å². The molecule has 0 saturated carbocycles. The number of nitrogens with one attached hydrogen (secondary N) is 1. The number of nitrogens with zero attached hydrogens (tertiary/aromatic N) is 2. The van der Waals surface area contributed by atoms with Crippen molar-refractivity contribution < 1.29 is 4.79 Å². The molecule has 1 amide bonds. The molecule has 0 fully saturated rings. The smallest absolute Gasteiger partial charge is 0.246 e. The Hall–Kier alpha value is -2.14. The van der Waals surface area contributed by atoms with Gasteiger partial charge in [-0.2, -0.15) is 5.10 Å². The van der Waals surface area contributed by atoms with Gasteiger partial charge in [-0.3, -0.25) is 9.48 Å². The number of fused-ring (bicyclic) bond motifs is 1. The van der Waals surface area contributed by atoms with E-state index in [-0.39, 0.29) is 12.5 Å². The predicted molar refractivity (Wildman–Crippen MR) is 96.6 cm³/mol. The molecule has 3 aromatic rings. The minimum atomic E-state index is -0.0805. The molecule has 0 aliphatic rings. The van der Waals surface area contributed by atoms with E-state index in [9.17, 15) is 4.79 Å². The summed E-state index contributed by atoms with van der Waals surface area (Å²) in [4.78, 5) is 12.4. The lowest BCUT2D eigenvalue weighted by molar-refractivity contribution is -0.116. The maximum Gasteiger partial charge on any atom is 0.246 e. The highest BCUT2D eigenvalue weighted by Crippen LogP contribution is 2.27. The Morgan fingerprint density at radius 2 is 2.04 bits per heavy atom. The molecule has 0 atom stereocenters. The third-order valence-corrected chi connectivity index (χ3v) is 4.25. The lowest BCUT2D eigenvalue weighted by Crippen LogP contribution is -2.20. The zero-order valence-corrected chi connectivity index (χ0v) is 14.7. The van der Waals surface area contributed by atoms with Gasteiger partial charge in [0, 0.05) is 15.5 Å². The van der Waals surface area contributed by atoms with Gasteiger partial charge in [-0.05, 0) is 35.7 Å². The highest BCUT2D eigenvalue weighted by atomic mass is 79.9. The molecule has 0 saturated heterocycles. The first-order chi connectivity index (χ1) is 11.0. The van der Waals surface area contributed by atoms with Crippen molar-refractivity contribution in [2.75, 3.05) is 5.32 Å². The first-order valence-electron chi connectivity index (χ1n) is 7.54. The first-order valence-corrected chi connectivity index (χ1v) is 8.34. The van der Waals surface area contributed by atoms with Crippen LogP contribution in [0.2, 0.25) is 0 Å². The molecule has 1 heterocycles. The zero-order valence-electron chi connectivity index (χ0n) is 13.1. The van der Waals surface area contributed by atoms with Crippen molar-refractivity contribution in [2.24, 2.45) is 0 Å². The number of carbonyl (C=O) groups excluding carboxylic acids is 1. The van der Waals surface area contributed by atoms with Crippen LogP contribution in [0.25, 0.3) is 10.9 Å². The number of hydrogen-bond acceptors (Lipinski definition) is 2. The van der Waals surface area contributed by atoms with E-state index in [1.807, 2.05) is 42.5 Å². The molecule has 0 aliphatic carbocycles. The van der Waals surface area contributed by atoms with E-state index >= 15 is 0 Å². The molecule has 5 heteroatoms. The van der Waals surface area contributed by atoms with Gasteiger partial charge in [0.05, 0.1) is 11.7 Å². The van der Waals surface area contributed by atoms with Gasteiger partial charge in [0.2, 0.25) is 5.91 Å². The van der Waals surface area contributed by atoms with E-state index in [0.29, 0.717) is 5.92 Å². The fraction of sp³-hybridized carbons (Fsp3) is 0.222. The summed E-state index contributed by atoms with van der Waals surface area (Å²) in [5, 5.41) is 8.33. The third kappa shape index (κ3) is 3.45. The minimum absolute atomic E-state index is 0.0805. The largest absolute Gasteiger partial charge is 0.324 e. The number of hydrogen-bond donors (Lipinski definition) is 1. The van der Waals surface area contributed by atoms with E-state index in [1.54, 1.807) is 10.9 Å². The molecule has 1 aromatic heterocycles. The number of aromatic nitrogens is 2. The number of anilines is 1. The van der Waals surface area contributed by atoms with Gasteiger partial charge in [-0.15, -0.1) is 0 Å². The maximum atomic E-state index is 12.4. The second-order valence-electron chi connectivity index (χ2n) is 5.80. The van der Waals surface area contributed by atoms with E-state index < -0.39 is 0 Å². The summed E-state index contributed by atoms with van der Waals surface area (Å²) in [6.07, 6.45) is 1.78. The van der Waals surface area contributed by atoms with Crippen LogP contribution in [0.4, 0.5) is 5.69 Å². The van der Waals surface area contributed by atoms with E-state index in [4.69, 9.17) is 0 Å². The maximum absolute atomic E-state index is 12.4. The standard InChI is InChI=1S/C18H18BrN3O/c1-12(2)15-9-14(19)7-8-16(15)21-18(23)11-22-17-6-4-3-5-13(17)10-20-22/h3-10,12H,11H2,1-2H3,(H,21,23). The van der Waals surface area contributed by atoms with Gasteiger partial charge in [-0.1, -0.05) is 48.0 Å². The quantitative estimate of drug-likeness (QED) is 0.730. The van der Waals surface area contributed by atoms with Crippen LogP contribution in [0, 0.1) is 0 Å². The number of benzene rings is 2. The molecule has 23 heavy (non-hydrogen) atoms. The number of halogens is 1. The number of rotatable bonds is 4. The number of para-hydroxylation sites is 1. The summed E-state index contributed by atoms with van der Waals surface area (Å²) >= 11 is 3.48. The third-order valence-electron chi connectivity index (χ3n) is 3.75. The summed E-state index contributed by atoms with van der Waals surface area (Å²) in [6.45, 7) is 4.41. The minimum Gasteiger partial charge on any atom is -0.324 e. The Morgan fingerprint density at radius 1 is 1.26 bits per heavy atom. The van der Waals surface area contributed by atoms with Gasteiger partial charge >= 0.3 is 0 Å². The highest BCUT2D eigenvalue weighted by Gasteiger charge is 2.12. The molecule has 0 aliphatic heterocycles. The van der Waals surface area contributed by atoms with E-state index in [0.717, 1.165) is 26.6 Å². The molecular weight excluding hydrogens is 354 g/mol. The Bertz CT molecular complexity index is 854. The van der Waals surface area contributed by atoms with Gasteiger partial charge in [-0.25, -0.2) is 0 Å². The van der Waals surface area contributed by atoms with Crippen molar-refractivity contribution in [1.29, 1.82) is 0 Å². The monoisotopic (exact) mass is 371 g/mol. The second kappa shape index (κ2) is 6.54. The number of carbonyl (C=O) groups is 1. The van der Waals surface area contributed by atoms with Crippen LogP contribution in [-0.4, -0.2) is 15.7 Å². The SMILES string of the molecule is CC(C)c1cc(Br)ccc1NC(=O)Cn1ncc2ccccc21. The van der Waals surface area contributed by atoms with Crippen LogP contribution in [0.3, 0.4) is 0 Å². The lowest BCUT2D eigenvalue weighted by atomic mass is 10.0. The summed E-state index contributed by atoms with van der Waals surface area (Å²) in [6, 6.07) is 13.8. The van der Waals surface area contributed by atoms with E-state index in [2.05, 4.69) is 40.2 Å². The molecule has 3 rings (SSSR count). The van der Waals surface area contributed by atoms with Crippen molar-refractivity contribution in [3.63, 3.8) is 0 Å². The van der Waals surface area contributed by atoms with Crippen LogP contribution in [0.5, 0.6) is 0 Å². The topological polar surface area (TPSA) is 46.9 Å². The summed E-state index contributed by atoms with van der Waals surface area (Å²) in [5.41, 5.74) is 2.92. The molecule has 1 N–H and O–H groups in total. The van der Waals surface area contributed by atoms with Gasteiger partial charge in [0.1, 0.15) is 6.54 Å². The zero-order chi connectivity index (χ0) is 16.4. The molecule has 0 bridgehead atoms. The lowest BCUT2D eigenvalue weighted by Gasteiger charge is -2.14. The molecule has 2 aromatic carbocycles. The van der Waals surface area contributed by atoms with Crippen LogP contribution >= 0.6 is 15.9 Å². The molecule has 118 valence electrons. The normalized spacial score (nSPS) is 11.1. The van der Waals surface area contributed by atoms with Crippen molar-refractivity contribution >= 4 is 38.4 Å². The molecular formula is C18H18BrN3O. The molecule has 0 radical (unpaired) electrons. The van der Waals surface area contributed by atoms with Crippen LogP contribution in [-0.2, 0) is 11.3 Å². The highest BCUT2D eigenvalue weighted by molar-refractivity contribution is 9.10. The predicted octanol–water partition coefficient (Wildman–Crippen LogP) is 4.56. The second-order valence-corrected chi connectivity index (χ2v) is 6.71. The molecule has 4 nitrogen and oxygen atoms in total. The summed E-state index contributed by atoms with van der Waals surface area (Å²) in [7, 11) is 0. The van der Waals surface area contributed by atoms with E-state index in [1.165, 1.54) is 0 Å². The first kappa shape index (κ1) is 15.7. The van der Waals surface area contributed by atoms with Crippen molar-refractivity contribution in [3.05, 3.63) is 58.7 Å². The Morgan fingerprint density at radius 3 is 2.83 bits per heavy atom. The molecule has 0 spiro atoms. The van der Waals surface area contributed by atoms with Crippen molar-refractivity contribution in [2.45, 2.75) is 26.3 Å². The fourth-order valence-corrected chi connectivity index (χ4v) is 2.98. The van der Waals surface area contributed by atoms with Gasteiger partial charge < -0.3 is 5.32 Å². The summed E-state index contributed by atoms with van der Waals surface area (Å²) in [5.74, 6) is 0.247. The van der Waals surface area contributed by atoms with Crippen LogP contribution in [0.15, 0.2) is 53.1 Å². The van der Waals surface area contributed by atoms with Crippen LogP contribution in [0.1, 0.15) is 25.3 Å². The number of amides is 1. The van der Waals surface area contributed by atoms with Crippen LogP contribution < -0.4 is 5.32 Å². The average Bonchev–Trinajstić information content (AvgIpc) is 2.92. The Kier molecular flexibility index (Phi) is 4.48.